The number of para-hydroxylation sites is 1. The number of nitrogens with one attached hydrogen (secondary N) is 1. The summed E-state index contributed by atoms with van der Waals surface area (Å²) in [7, 11) is 1.74. The molecule has 2 rings (SSSR count). The summed E-state index contributed by atoms with van der Waals surface area (Å²) in [6.45, 7) is -0.740. The standard InChI is InChI=1S/C13H14ClF2N3O2/c1-19-9-4-2-3-8(14)12(9)18-13(19)17-11(20)5-6-21-7-10(15)16/h2-4,10H,5-7H2,1H3,(H,17,18,20). The van der Waals surface area contributed by atoms with Gasteiger partial charge < -0.3 is 9.30 Å². The molecule has 0 atom stereocenters. The highest BCUT2D eigenvalue weighted by Gasteiger charge is 2.12. The first-order chi connectivity index (χ1) is 9.99. The summed E-state index contributed by atoms with van der Waals surface area (Å²) in [6.07, 6.45) is -2.56. The van der Waals surface area contributed by atoms with Crippen LogP contribution in [0, 0.1) is 0 Å². The van der Waals surface area contributed by atoms with Gasteiger partial charge in [-0.2, -0.15) is 0 Å². The summed E-state index contributed by atoms with van der Waals surface area (Å²) in [5, 5.41) is 3.09. The molecule has 1 amide bonds. The maximum absolute atomic E-state index is 11.9. The first-order valence-electron chi connectivity index (χ1n) is 6.25. The Morgan fingerprint density at radius 2 is 2.29 bits per heavy atom. The number of alkyl halides is 2. The van der Waals surface area contributed by atoms with Gasteiger partial charge in [0, 0.05) is 7.05 Å². The van der Waals surface area contributed by atoms with Gasteiger partial charge in [0.2, 0.25) is 11.9 Å². The summed E-state index contributed by atoms with van der Waals surface area (Å²) in [6, 6.07) is 5.33. The summed E-state index contributed by atoms with van der Waals surface area (Å²) >= 11 is 6.03. The molecule has 114 valence electrons. The maximum atomic E-state index is 11.9. The van der Waals surface area contributed by atoms with Crippen LogP contribution in [-0.4, -0.2) is 35.1 Å². The van der Waals surface area contributed by atoms with Crippen LogP contribution in [0.25, 0.3) is 11.0 Å². The minimum absolute atomic E-state index is 0.0241. The number of rotatable bonds is 6. The molecule has 1 aromatic carbocycles. The third-order valence-corrected chi connectivity index (χ3v) is 3.14. The van der Waals surface area contributed by atoms with Gasteiger partial charge in [-0.05, 0) is 12.1 Å². The van der Waals surface area contributed by atoms with E-state index in [1.165, 1.54) is 0 Å². The van der Waals surface area contributed by atoms with Crippen molar-refractivity contribution < 1.29 is 18.3 Å². The summed E-state index contributed by atoms with van der Waals surface area (Å²) < 4.78 is 30.1. The first-order valence-corrected chi connectivity index (χ1v) is 6.63. The minimum atomic E-state index is -2.53. The van der Waals surface area contributed by atoms with Crippen LogP contribution in [0.1, 0.15) is 6.42 Å². The Morgan fingerprint density at radius 3 is 2.95 bits per heavy atom. The average molecular weight is 318 g/mol. The van der Waals surface area contributed by atoms with Crippen molar-refractivity contribution in [2.75, 3.05) is 18.5 Å². The molecule has 0 unspecified atom stereocenters. The van der Waals surface area contributed by atoms with Crippen molar-refractivity contribution in [3.8, 4) is 0 Å². The number of hydrogen-bond acceptors (Lipinski definition) is 3. The predicted molar refractivity (Wildman–Crippen MR) is 75.8 cm³/mol. The zero-order valence-electron chi connectivity index (χ0n) is 11.3. The minimum Gasteiger partial charge on any atom is -0.375 e. The Morgan fingerprint density at radius 1 is 1.52 bits per heavy atom. The number of anilines is 1. The predicted octanol–water partition coefficient (Wildman–Crippen LogP) is 2.84. The molecule has 0 aliphatic heterocycles. The van der Waals surface area contributed by atoms with E-state index in [0.717, 1.165) is 5.52 Å². The highest BCUT2D eigenvalue weighted by molar-refractivity contribution is 6.35. The SMILES string of the molecule is Cn1c(NC(=O)CCOCC(F)F)nc2c(Cl)cccc21. The van der Waals surface area contributed by atoms with Crippen molar-refractivity contribution >= 4 is 34.5 Å². The number of amides is 1. The second kappa shape index (κ2) is 6.82. The summed E-state index contributed by atoms with van der Waals surface area (Å²) in [5.74, 6) is -0.0178. The van der Waals surface area contributed by atoms with Crippen LogP contribution in [0.5, 0.6) is 0 Å². The van der Waals surface area contributed by atoms with E-state index in [-0.39, 0.29) is 18.9 Å². The largest absolute Gasteiger partial charge is 0.375 e. The molecule has 0 saturated heterocycles. The highest BCUT2D eigenvalue weighted by Crippen LogP contribution is 2.25. The molecule has 0 radical (unpaired) electrons. The van der Waals surface area contributed by atoms with Crippen molar-refractivity contribution in [2.24, 2.45) is 7.05 Å². The fourth-order valence-corrected chi connectivity index (χ4v) is 2.03. The molecule has 2 aromatic rings. The Labute approximate surface area is 124 Å². The third kappa shape index (κ3) is 3.89. The van der Waals surface area contributed by atoms with E-state index in [9.17, 15) is 13.6 Å². The van der Waals surface area contributed by atoms with Gasteiger partial charge in [-0.1, -0.05) is 17.7 Å². The zero-order valence-corrected chi connectivity index (χ0v) is 12.0. The molecule has 5 nitrogen and oxygen atoms in total. The number of benzene rings is 1. The van der Waals surface area contributed by atoms with Crippen molar-refractivity contribution in [2.45, 2.75) is 12.8 Å². The molecule has 0 spiro atoms. The van der Waals surface area contributed by atoms with Gasteiger partial charge >= 0.3 is 0 Å². The van der Waals surface area contributed by atoms with Crippen LogP contribution in [0.15, 0.2) is 18.2 Å². The Balaban J connectivity index is 1.98. The van der Waals surface area contributed by atoms with Gasteiger partial charge in [0.25, 0.3) is 6.43 Å². The Hall–Kier alpha value is -1.73. The number of aryl methyl sites for hydroxylation is 1. The molecule has 21 heavy (non-hydrogen) atoms. The number of halogens is 3. The van der Waals surface area contributed by atoms with Gasteiger partial charge in [0.05, 0.1) is 23.6 Å². The molecule has 1 N–H and O–H groups in total. The lowest BCUT2D eigenvalue weighted by molar-refractivity contribution is -0.117. The fraction of sp³-hybridized carbons (Fsp3) is 0.385. The fourth-order valence-electron chi connectivity index (χ4n) is 1.82. The number of carbonyl (C=O) groups excluding carboxylic acids is 1. The lowest BCUT2D eigenvalue weighted by Crippen LogP contribution is -2.17. The van der Waals surface area contributed by atoms with Crippen LogP contribution in [0.4, 0.5) is 14.7 Å². The molecule has 0 bridgehead atoms. The molecule has 1 aromatic heterocycles. The van der Waals surface area contributed by atoms with Gasteiger partial charge in [0.15, 0.2) is 0 Å². The molecule has 0 aliphatic rings. The molecule has 8 heteroatoms. The lowest BCUT2D eigenvalue weighted by atomic mass is 10.3. The van der Waals surface area contributed by atoms with Crippen LogP contribution < -0.4 is 5.32 Å². The number of imidazole rings is 1. The van der Waals surface area contributed by atoms with E-state index in [1.807, 2.05) is 6.07 Å². The van der Waals surface area contributed by atoms with Gasteiger partial charge in [-0.3, -0.25) is 10.1 Å². The van der Waals surface area contributed by atoms with Gasteiger partial charge in [-0.15, -0.1) is 0 Å². The normalized spacial score (nSPS) is 11.3. The summed E-state index contributed by atoms with van der Waals surface area (Å²) in [5.41, 5.74) is 1.37. The zero-order chi connectivity index (χ0) is 15.4. The quantitative estimate of drug-likeness (QED) is 0.834. The smallest absolute Gasteiger partial charge is 0.261 e. The molecular weight excluding hydrogens is 304 g/mol. The topological polar surface area (TPSA) is 56.2 Å². The number of ether oxygens (including phenoxy) is 1. The second-order valence-electron chi connectivity index (χ2n) is 4.37. The molecule has 0 saturated carbocycles. The van der Waals surface area contributed by atoms with E-state index < -0.39 is 13.0 Å². The van der Waals surface area contributed by atoms with Crippen LogP contribution in [-0.2, 0) is 16.6 Å². The van der Waals surface area contributed by atoms with Crippen molar-refractivity contribution in [3.63, 3.8) is 0 Å². The van der Waals surface area contributed by atoms with E-state index in [4.69, 9.17) is 11.6 Å². The Bertz CT molecular complexity index is 646. The maximum Gasteiger partial charge on any atom is 0.261 e. The van der Waals surface area contributed by atoms with Crippen molar-refractivity contribution in [1.29, 1.82) is 0 Å². The number of nitrogens with zero attached hydrogens (tertiary/aromatic N) is 2. The number of carbonyl (C=O) groups is 1. The van der Waals surface area contributed by atoms with Crippen molar-refractivity contribution in [3.05, 3.63) is 23.2 Å². The van der Waals surface area contributed by atoms with Crippen LogP contribution in [0.2, 0.25) is 5.02 Å². The molecule has 0 fully saturated rings. The third-order valence-electron chi connectivity index (χ3n) is 2.83. The number of fused-ring (bicyclic) bond motifs is 1. The van der Waals surface area contributed by atoms with E-state index >= 15 is 0 Å². The van der Waals surface area contributed by atoms with Crippen LogP contribution in [0.3, 0.4) is 0 Å². The summed E-state index contributed by atoms with van der Waals surface area (Å²) in [4.78, 5) is 16.0. The molecular formula is C13H14ClF2N3O2. The highest BCUT2D eigenvalue weighted by atomic mass is 35.5. The van der Waals surface area contributed by atoms with E-state index in [0.29, 0.717) is 16.5 Å². The van der Waals surface area contributed by atoms with Gasteiger partial charge in [0.1, 0.15) is 12.1 Å². The monoisotopic (exact) mass is 317 g/mol. The van der Waals surface area contributed by atoms with E-state index in [2.05, 4.69) is 15.0 Å². The van der Waals surface area contributed by atoms with E-state index in [1.54, 1.807) is 23.7 Å². The number of hydrogen-bond donors (Lipinski definition) is 1. The average Bonchev–Trinajstić information content (AvgIpc) is 2.74. The van der Waals surface area contributed by atoms with Gasteiger partial charge in [-0.25, -0.2) is 13.8 Å². The molecule has 0 aliphatic carbocycles. The first kappa shape index (κ1) is 15.7. The Kier molecular flexibility index (Phi) is 5.08. The number of aromatic nitrogens is 2. The molecule has 1 heterocycles. The second-order valence-corrected chi connectivity index (χ2v) is 4.77. The van der Waals surface area contributed by atoms with Crippen LogP contribution >= 0.6 is 11.6 Å². The van der Waals surface area contributed by atoms with Crippen molar-refractivity contribution in [1.82, 2.24) is 9.55 Å². The lowest BCUT2D eigenvalue weighted by Gasteiger charge is -2.05.